The van der Waals surface area contributed by atoms with Gasteiger partial charge in [-0.3, -0.25) is 9.32 Å². The fourth-order valence-electron chi connectivity index (χ4n) is 2.16. The zero-order valence-corrected chi connectivity index (χ0v) is 15.1. The highest BCUT2D eigenvalue weighted by molar-refractivity contribution is 7.10. The highest BCUT2D eigenvalue weighted by atomic mass is 32.1. The topological polar surface area (TPSA) is 102 Å². The second-order valence-electron chi connectivity index (χ2n) is 5.83. The van der Waals surface area contributed by atoms with Gasteiger partial charge in [-0.2, -0.15) is 10.2 Å². The molecule has 0 spiro atoms. The molecular weight excluding hydrogens is 352 g/mol. The summed E-state index contributed by atoms with van der Waals surface area (Å²) in [7, 11) is 0. The number of thiazole rings is 1. The Bertz CT molecular complexity index is 927. The molecule has 0 amide bonds. The number of aromatic nitrogens is 3. The number of ether oxygens (including phenoxy) is 1. The third-order valence-electron chi connectivity index (χ3n) is 3.57. The van der Waals surface area contributed by atoms with Gasteiger partial charge in [-0.05, 0) is 0 Å². The van der Waals surface area contributed by atoms with Crippen molar-refractivity contribution in [3.63, 3.8) is 0 Å². The normalized spacial score (nSPS) is 11.9. The molecule has 1 unspecified atom stereocenters. The number of hydrogen-bond acceptors (Lipinski definition) is 8. The van der Waals surface area contributed by atoms with Gasteiger partial charge in [0, 0.05) is 16.9 Å². The average Bonchev–Trinajstić information content (AvgIpc) is 3.31. The summed E-state index contributed by atoms with van der Waals surface area (Å²) < 4.78 is 10.2. The van der Waals surface area contributed by atoms with Gasteiger partial charge < -0.3 is 4.74 Å². The largest absolute Gasteiger partial charge is 0.441 e. The fourth-order valence-corrected chi connectivity index (χ4v) is 3.05. The Morgan fingerprint density at radius 1 is 1.31 bits per heavy atom. The number of benzene rings is 1. The fraction of sp³-hybridized carbons (Fsp3) is 0.278. The van der Waals surface area contributed by atoms with Gasteiger partial charge in [-0.15, -0.1) is 11.3 Å². The van der Waals surface area contributed by atoms with Crippen LogP contribution in [0.1, 0.15) is 36.5 Å². The number of nitrogens with zero attached hydrogens (tertiary/aromatic N) is 4. The van der Waals surface area contributed by atoms with Crippen molar-refractivity contribution in [1.82, 2.24) is 15.1 Å². The molecule has 7 nitrogen and oxygen atoms in total. The Morgan fingerprint density at radius 3 is 2.73 bits per heavy atom. The Kier molecular flexibility index (Phi) is 5.39. The van der Waals surface area contributed by atoms with Crippen molar-refractivity contribution < 1.29 is 14.1 Å². The van der Waals surface area contributed by atoms with Crippen LogP contribution in [0, 0.1) is 11.3 Å². The summed E-state index contributed by atoms with van der Waals surface area (Å²) >= 11 is 1.27. The van der Waals surface area contributed by atoms with E-state index in [-0.39, 0.29) is 18.6 Å². The lowest BCUT2D eigenvalue weighted by atomic mass is 10.1. The van der Waals surface area contributed by atoms with Crippen molar-refractivity contribution in [3.8, 4) is 23.4 Å². The summed E-state index contributed by atoms with van der Waals surface area (Å²) in [5.74, 6) is -0.821. The van der Waals surface area contributed by atoms with E-state index >= 15 is 0 Å². The summed E-state index contributed by atoms with van der Waals surface area (Å²) in [4.78, 5) is 20.8. The van der Waals surface area contributed by atoms with Crippen molar-refractivity contribution in [3.05, 3.63) is 46.5 Å². The molecular formula is C18H16N4O3S. The maximum Gasteiger partial charge on any atom is 0.417 e. The summed E-state index contributed by atoms with van der Waals surface area (Å²) in [5.41, 5.74) is 1.67. The van der Waals surface area contributed by atoms with E-state index in [1.54, 1.807) is 0 Å². The van der Waals surface area contributed by atoms with Crippen molar-refractivity contribution in [1.29, 1.82) is 5.26 Å². The SMILES string of the molecule is CC(C)c1noc(OCC(=O)C(C#N)c2nc(-c3ccccc3)cs2)n1. The van der Waals surface area contributed by atoms with Gasteiger partial charge in [0.2, 0.25) is 0 Å². The van der Waals surface area contributed by atoms with Crippen molar-refractivity contribution in [2.75, 3.05) is 6.61 Å². The second-order valence-corrected chi connectivity index (χ2v) is 6.72. The summed E-state index contributed by atoms with van der Waals surface area (Å²) in [6, 6.07) is 11.6. The van der Waals surface area contributed by atoms with Crippen molar-refractivity contribution in [2.24, 2.45) is 0 Å². The van der Waals surface area contributed by atoms with Crippen LogP contribution in [0.25, 0.3) is 11.3 Å². The molecule has 0 bridgehead atoms. The Hall–Kier alpha value is -3.05. The van der Waals surface area contributed by atoms with Gasteiger partial charge >= 0.3 is 6.08 Å². The lowest BCUT2D eigenvalue weighted by Gasteiger charge is -2.04. The third kappa shape index (κ3) is 3.95. The van der Waals surface area contributed by atoms with Crippen LogP contribution in [0.3, 0.4) is 0 Å². The average molecular weight is 368 g/mol. The first kappa shape index (κ1) is 17.8. The van der Waals surface area contributed by atoms with E-state index in [1.165, 1.54) is 11.3 Å². The van der Waals surface area contributed by atoms with E-state index in [0.29, 0.717) is 10.8 Å². The molecule has 1 aromatic carbocycles. The second kappa shape index (κ2) is 7.89. The molecule has 0 N–H and O–H groups in total. The van der Waals surface area contributed by atoms with E-state index in [0.717, 1.165) is 11.3 Å². The molecule has 0 saturated carbocycles. The predicted molar refractivity (Wildman–Crippen MR) is 94.8 cm³/mol. The van der Waals surface area contributed by atoms with Gasteiger partial charge in [0.1, 0.15) is 5.01 Å². The molecule has 0 aliphatic rings. The quantitative estimate of drug-likeness (QED) is 0.628. The van der Waals surface area contributed by atoms with E-state index in [1.807, 2.05) is 55.6 Å². The monoisotopic (exact) mass is 368 g/mol. The number of carbonyl (C=O) groups excluding carboxylic acids is 1. The van der Waals surface area contributed by atoms with E-state index < -0.39 is 11.7 Å². The van der Waals surface area contributed by atoms with Gasteiger partial charge in [0.25, 0.3) is 0 Å². The number of Topliss-reactive ketones (excluding diaryl/α,β-unsaturated/α-hetero) is 1. The first-order valence-electron chi connectivity index (χ1n) is 7.98. The molecule has 3 rings (SSSR count). The van der Waals surface area contributed by atoms with Crippen LogP contribution in [0.2, 0.25) is 0 Å². The lowest BCUT2D eigenvalue weighted by molar-refractivity contribution is -0.121. The molecule has 0 fully saturated rings. The van der Waals surface area contributed by atoms with E-state index in [9.17, 15) is 10.1 Å². The van der Waals surface area contributed by atoms with Gasteiger partial charge in [0.05, 0.1) is 11.8 Å². The van der Waals surface area contributed by atoms with Gasteiger partial charge in [-0.1, -0.05) is 49.3 Å². The molecule has 132 valence electrons. The molecule has 0 aliphatic heterocycles. The third-order valence-corrected chi connectivity index (χ3v) is 4.48. The summed E-state index contributed by atoms with van der Waals surface area (Å²) in [6.45, 7) is 3.49. The van der Waals surface area contributed by atoms with Crippen LogP contribution in [0.5, 0.6) is 6.08 Å². The maximum atomic E-state index is 12.4. The standard InChI is InChI=1S/C18H16N4O3S/c1-11(2)16-21-18(25-22-16)24-9-15(23)13(8-19)17-20-14(10-26-17)12-6-4-3-5-7-12/h3-7,10-11,13H,9H2,1-2H3. The highest BCUT2D eigenvalue weighted by Gasteiger charge is 2.25. The Balaban J connectivity index is 1.67. The van der Waals surface area contributed by atoms with Crippen LogP contribution >= 0.6 is 11.3 Å². The van der Waals surface area contributed by atoms with Gasteiger partial charge in [-0.25, -0.2) is 4.98 Å². The van der Waals surface area contributed by atoms with E-state index in [2.05, 4.69) is 15.1 Å². The predicted octanol–water partition coefficient (Wildman–Crippen LogP) is 3.57. The Morgan fingerprint density at radius 2 is 2.08 bits per heavy atom. The van der Waals surface area contributed by atoms with Crippen LogP contribution in [-0.4, -0.2) is 27.5 Å². The zero-order valence-electron chi connectivity index (χ0n) is 14.2. The molecule has 0 aliphatic carbocycles. The summed E-state index contributed by atoms with van der Waals surface area (Å²) in [6.07, 6.45) is -0.0807. The van der Waals surface area contributed by atoms with Gasteiger partial charge in [0.15, 0.2) is 24.1 Å². The number of ketones is 1. The molecule has 2 aromatic heterocycles. The molecule has 26 heavy (non-hydrogen) atoms. The van der Waals surface area contributed by atoms with Crippen LogP contribution in [-0.2, 0) is 4.79 Å². The van der Waals surface area contributed by atoms with Crippen molar-refractivity contribution >= 4 is 17.1 Å². The maximum absolute atomic E-state index is 12.4. The Labute approximate surface area is 154 Å². The molecule has 3 aromatic rings. The first-order chi connectivity index (χ1) is 12.6. The molecule has 0 saturated heterocycles. The minimum absolute atomic E-state index is 0.0807. The van der Waals surface area contributed by atoms with E-state index in [4.69, 9.17) is 9.26 Å². The zero-order chi connectivity index (χ0) is 18.5. The molecule has 2 heterocycles. The molecule has 8 heteroatoms. The minimum Gasteiger partial charge on any atom is -0.441 e. The molecule has 1 atom stereocenters. The van der Waals surface area contributed by atoms with Crippen LogP contribution < -0.4 is 4.74 Å². The smallest absolute Gasteiger partial charge is 0.417 e. The number of carbonyl (C=O) groups is 1. The number of rotatable bonds is 7. The van der Waals surface area contributed by atoms with Crippen molar-refractivity contribution in [2.45, 2.75) is 25.7 Å². The highest BCUT2D eigenvalue weighted by Crippen LogP contribution is 2.27. The number of hydrogen-bond donors (Lipinski definition) is 0. The van der Waals surface area contributed by atoms with Crippen LogP contribution in [0.4, 0.5) is 0 Å². The van der Waals surface area contributed by atoms with Crippen LogP contribution in [0.15, 0.2) is 40.2 Å². The molecule has 0 radical (unpaired) electrons. The summed E-state index contributed by atoms with van der Waals surface area (Å²) in [5, 5.41) is 15.4. The number of nitriles is 1. The first-order valence-corrected chi connectivity index (χ1v) is 8.86. The minimum atomic E-state index is -0.995. The lowest BCUT2D eigenvalue weighted by Crippen LogP contribution is -2.19.